The third-order valence-corrected chi connectivity index (χ3v) is 3.55. The van der Waals surface area contributed by atoms with E-state index in [2.05, 4.69) is 4.98 Å². The summed E-state index contributed by atoms with van der Waals surface area (Å²) in [5, 5.41) is 8.99. The predicted molar refractivity (Wildman–Crippen MR) is 73.8 cm³/mol. The lowest BCUT2D eigenvalue weighted by Gasteiger charge is -2.23. The second-order valence-corrected chi connectivity index (χ2v) is 5.07. The molecule has 5 heteroatoms. The summed E-state index contributed by atoms with van der Waals surface area (Å²) in [6.45, 7) is 3.54. The molecule has 1 aromatic rings. The maximum absolute atomic E-state index is 12.5. The Kier molecular flexibility index (Phi) is 4.17. The molecule has 0 radical (unpaired) electrons. The summed E-state index contributed by atoms with van der Waals surface area (Å²) in [5.74, 6) is -1.24. The van der Waals surface area contributed by atoms with Crippen LogP contribution in [0, 0.1) is 0 Å². The van der Waals surface area contributed by atoms with Crippen molar-refractivity contribution in [3.8, 4) is 0 Å². The molecule has 0 unspecified atom stereocenters. The second kappa shape index (κ2) is 5.86. The Labute approximate surface area is 117 Å². The Hall–Kier alpha value is -2.17. The number of carboxylic acids is 1. The van der Waals surface area contributed by atoms with E-state index in [0.717, 1.165) is 18.4 Å². The molecule has 20 heavy (non-hydrogen) atoms. The molecule has 0 saturated heterocycles. The van der Waals surface area contributed by atoms with Gasteiger partial charge in [0.1, 0.15) is 0 Å². The topological polar surface area (TPSA) is 70.5 Å². The van der Waals surface area contributed by atoms with Crippen LogP contribution in [0.2, 0.25) is 0 Å². The van der Waals surface area contributed by atoms with Crippen molar-refractivity contribution < 1.29 is 14.7 Å². The van der Waals surface area contributed by atoms with Gasteiger partial charge < -0.3 is 10.0 Å². The van der Waals surface area contributed by atoms with Crippen LogP contribution in [0.25, 0.3) is 0 Å². The molecular formula is C15H18N2O3. The summed E-state index contributed by atoms with van der Waals surface area (Å²) in [5.41, 5.74) is 1.41. The van der Waals surface area contributed by atoms with Crippen molar-refractivity contribution in [1.29, 1.82) is 0 Å². The molecule has 1 amide bonds. The highest BCUT2D eigenvalue weighted by Crippen LogP contribution is 2.30. The molecule has 2 rings (SSSR count). The average Bonchev–Trinajstić information content (AvgIpc) is 3.28. The number of carbonyl (C=O) groups excluding carboxylic acids is 1. The fourth-order valence-corrected chi connectivity index (χ4v) is 1.97. The largest absolute Gasteiger partial charge is 0.478 e. The Bertz CT molecular complexity index is 547. The smallest absolute Gasteiger partial charge is 0.331 e. The maximum atomic E-state index is 12.5. The van der Waals surface area contributed by atoms with Crippen LogP contribution >= 0.6 is 0 Å². The third kappa shape index (κ3) is 3.23. The lowest BCUT2D eigenvalue weighted by molar-refractivity contribution is -0.134. The van der Waals surface area contributed by atoms with Crippen molar-refractivity contribution >= 4 is 11.9 Å². The van der Waals surface area contributed by atoms with Crippen LogP contribution in [-0.4, -0.2) is 32.9 Å². The van der Waals surface area contributed by atoms with Crippen LogP contribution in [0.15, 0.2) is 35.7 Å². The zero-order valence-corrected chi connectivity index (χ0v) is 11.7. The number of carbonyl (C=O) groups is 2. The Morgan fingerprint density at radius 1 is 1.25 bits per heavy atom. The Morgan fingerprint density at radius 2 is 1.85 bits per heavy atom. The van der Waals surface area contributed by atoms with E-state index in [1.165, 1.54) is 6.92 Å². The SMILES string of the molecule is CC(C(=O)O)=C(C)C(=O)N(Cc1ccncc1)C1CC1. The second-order valence-electron chi connectivity index (χ2n) is 5.07. The lowest BCUT2D eigenvalue weighted by Crippen LogP contribution is -2.34. The molecule has 1 saturated carbocycles. The van der Waals surface area contributed by atoms with Gasteiger partial charge in [0, 0.05) is 36.1 Å². The molecule has 1 heterocycles. The highest BCUT2D eigenvalue weighted by molar-refractivity contribution is 6.01. The third-order valence-electron chi connectivity index (χ3n) is 3.55. The summed E-state index contributed by atoms with van der Waals surface area (Å²) < 4.78 is 0. The highest BCUT2D eigenvalue weighted by Gasteiger charge is 2.33. The number of nitrogens with zero attached hydrogens (tertiary/aromatic N) is 2. The van der Waals surface area contributed by atoms with Crippen LogP contribution in [0.5, 0.6) is 0 Å². The molecule has 1 fully saturated rings. The van der Waals surface area contributed by atoms with Crippen LogP contribution in [0.3, 0.4) is 0 Å². The summed E-state index contributed by atoms with van der Waals surface area (Å²) >= 11 is 0. The minimum atomic E-state index is -1.05. The minimum absolute atomic E-state index is 0.107. The first-order chi connectivity index (χ1) is 9.50. The highest BCUT2D eigenvalue weighted by atomic mass is 16.4. The summed E-state index contributed by atoms with van der Waals surface area (Å²) in [6, 6.07) is 3.96. The molecule has 5 nitrogen and oxygen atoms in total. The predicted octanol–water partition coefficient (Wildman–Crippen LogP) is 1.99. The number of aromatic nitrogens is 1. The number of rotatable bonds is 5. The zero-order chi connectivity index (χ0) is 14.7. The number of aliphatic carboxylic acids is 1. The molecule has 1 aromatic heterocycles. The van der Waals surface area contributed by atoms with E-state index in [-0.39, 0.29) is 17.5 Å². The van der Waals surface area contributed by atoms with E-state index < -0.39 is 5.97 Å². The first-order valence-electron chi connectivity index (χ1n) is 6.61. The number of pyridine rings is 1. The molecule has 1 aliphatic carbocycles. The van der Waals surface area contributed by atoms with Crippen LogP contribution in [0.1, 0.15) is 32.3 Å². The van der Waals surface area contributed by atoms with Gasteiger partial charge in [0.25, 0.3) is 5.91 Å². The summed E-state index contributed by atoms with van der Waals surface area (Å²) in [7, 11) is 0. The lowest BCUT2D eigenvalue weighted by atomic mass is 10.1. The fourth-order valence-electron chi connectivity index (χ4n) is 1.97. The van der Waals surface area contributed by atoms with Gasteiger partial charge in [0.2, 0.25) is 0 Å². The van der Waals surface area contributed by atoms with Gasteiger partial charge in [0.15, 0.2) is 0 Å². The monoisotopic (exact) mass is 274 g/mol. The van der Waals surface area contributed by atoms with Gasteiger partial charge in [-0.1, -0.05) is 0 Å². The van der Waals surface area contributed by atoms with Gasteiger partial charge in [-0.2, -0.15) is 0 Å². The molecular weight excluding hydrogens is 256 g/mol. The van der Waals surface area contributed by atoms with E-state index in [1.54, 1.807) is 24.2 Å². The van der Waals surface area contributed by atoms with Crippen molar-refractivity contribution in [3.63, 3.8) is 0 Å². The van der Waals surface area contributed by atoms with Crippen molar-refractivity contribution in [3.05, 3.63) is 41.2 Å². The van der Waals surface area contributed by atoms with Gasteiger partial charge in [-0.05, 0) is 44.4 Å². The number of carboxylic acid groups (broad SMARTS) is 1. The normalized spacial score (nSPS) is 15.5. The molecule has 1 N–H and O–H groups in total. The first kappa shape index (κ1) is 14.2. The van der Waals surface area contributed by atoms with Gasteiger partial charge in [-0.25, -0.2) is 4.79 Å². The fraction of sp³-hybridized carbons (Fsp3) is 0.400. The number of hydrogen-bond donors (Lipinski definition) is 1. The van der Waals surface area contributed by atoms with Crippen molar-refractivity contribution in [2.24, 2.45) is 0 Å². The molecule has 0 atom stereocenters. The molecule has 0 spiro atoms. The Balaban J connectivity index is 2.19. The summed E-state index contributed by atoms with van der Waals surface area (Å²) in [4.78, 5) is 29.2. The average molecular weight is 274 g/mol. The van der Waals surface area contributed by atoms with Crippen molar-refractivity contribution in [2.45, 2.75) is 39.3 Å². The minimum Gasteiger partial charge on any atom is -0.478 e. The molecule has 106 valence electrons. The van der Waals surface area contributed by atoms with Crippen molar-refractivity contribution in [1.82, 2.24) is 9.88 Å². The zero-order valence-electron chi connectivity index (χ0n) is 11.7. The van der Waals surface area contributed by atoms with Gasteiger partial charge in [0.05, 0.1) is 0 Å². The van der Waals surface area contributed by atoms with Crippen LogP contribution in [-0.2, 0) is 16.1 Å². The number of hydrogen-bond acceptors (Lipinski definition) is 3. The summed E-state index contributed by atoms with van der Waals surface area (Å²) in [6.07, 6.45) is 5.35. The van der Waals surface area contributed by atoms with Crippen molar-refractivity contribution in [2.75, 3.05) is 0 Å². The van der Waals surface area contributed by atoms with E-state index in [0.29, 0.717) is 12.1 Å². The molecule has 0 bridgehead atoms. The Morgan fingerprint density at radius 3 is 2.35 bits per heavy atom. The van der Waals surface area contributed by atoms with E-state index in [9.17, 15) is 9.59 Å². The van der Waals surface area contributed by atoms with Crippen LogP contribution < -0.4 is 0 Å². The van der Waals surface area contributed by atoms with E-state index in [1.807, 2.05) is 12.1 Å². The quantitative estimate of drug-likeness (QED) is 0.834. The molecule has 0 aromatic carbocycles. The first-order valence-corrected chi connectivity index (χ1v) is 6.61. The van der Waals surface area contributed by atoms with Crippen LogP contribution in [0.4, 0.5) is 0 Å². The number of amides is 1. The van der Waals surface area contributed by atoms with E-state index >= 15 is 0 Å². The van der Waals surface area contributed by atoms with Gasteiger partial charge >= 0.3 is 5.97 Å². The standard InChI is InChI=1S/C15H18N2O3/c1-10(11(2)15(19)20)14(18)17(13-3-4-13)9-12-5-7-16-8-6-12/h5-8,13H,3-4,9H2,1-2H3,(H,19,20). The molecule has 0 aliphatic heterocycles. The molecule has 1 aliphatic rings. The maximum Gasteiger partial charge on any atom is 0.331 e. The van der Waals surface area contributed by atoms with Gasteiger partial charge in [-0.3, -0.25) is 9.78 Å². The van der Waals surface area contributed by atoms with E-state index in [4.69, 9.17) is 5.11 Å². The van der Waals surface area contributed by atoms with Gasteiger partial charge in [-0.15, -0.1) is 0 Å².